The van der Waals surface area contributed by atoms with Gasteiger partial charge in [-0.1, -0.05) is 17.9 Å². The Morgan fingerprint density at radius 1 is 1.05 bits per heavy atom. The highest BCUT2D eigenvalue weighted by molar-refractivity contribution is 6.04. The molecular weight excluding hydrogens is 486 g/mol. The van der Waals surface area contributed by atoms with Gasteiger partial charge in [-0.2, -0.15) is 13.2 Å². The van der Waals surface area contributed by atoms with Gasteiger partial charge < -0.3 is 16.0 Å². The van der Waals surface area contributed by atoms with E-state index in [0.29, 0.717) is 18.7 Å². The largest absolute Gasteiger partial charge is 0.416 e. The van der Waals surface area contributed by atoms with E-state index in [1.54, 1.807) is 12.1 Å². The van der Waals surface area contributed by atoms with Gasteiger partial charge in [-0.15, -0.1) is 0 Å². The normalized spacial score (nSPS) is 14.6. The Kier molecular flexibility index (Phi) is 7.76. The molecular formula is C27H25F4N5O. The topological polar surface area (TPSA) is 74.5 Å². The summed E-state index contributed by atoms with van der Waals surface area (Å²) in [7, 11) is 1.98. The highest BCUT2D eigenvalue weighted by atomic mass is 19.4. The van der Waals surface area contributed by atoms with Crippen LogP contribution in [0.3, 0.4) is 0 Å². The molecule has 2 aromatic carbocycles. The Hall–Kier alpha value is -3.94. The number of rotatable bonds is 4. The number of benzene rings is 2. The van der Waals surface area contributed by atoms with Crippen LogP contribution in [0.4, 0.5) is 29.1 Å². The highest BCUT2D eigenvalue weighted by Gasteiger charge is 2.34. The third kappa shape index (κ3) is 6.64. The van der Waals surface area contributed by atoms with Crippen LogP contribution < -0.4 is 11.1 Å². The molecule has 0 atom stereocenters. The molecule has 1 aromatic heterocycles. The second-order valence-electron chi connectivity index (χ2n) is 8.78. The van der Waals surface area contributed by atoms with Gasteiger partial charge in [0.15, 0.2) is 0 Å². The van der Waals surface area contributed by atoms with E-state index in [1.165, 1.54) is 30.5 Å². The molecule has 37 heavy (non-hydrogen) atoms. The van der Waals surface area contributed by atoms with E-state index in [0.717, 1.165) is 25.2 Å². The molecule has 1 amide bonds. The number of carbonyl (C=O) groups is 1. The standard InChI is InChI=1S/C27H25F4N5O/c1-35-11-13-36(14-12-35)17-21-6-8-22(16-23(21)27(29,30)31)34-26(37)20-7-9-24(28)19(15-20)5-4-18-3-2-10-33-25(18)32/h2-3,6-10,15-16H,11-14,17H2,1H3,(H2,32,33)(H,34,37). The van der Waals surface area contributed by atoms with Crippen LogP contribution in [0.5, 0.6) is 0 Å². The molecule has 192 valence electrons. The number of hydrogen-bond acceptors (Lipinski definition) is 5. The number of amides is 1. The molecule has 1 fully saturated rings. The van der Waals surface area contributed by atoms with Crippen molar-refractivity contribution in [1.29, 1.82) is 0 Å². The quantitative estimate of drug-likeness (QED) is 0.405. The average Bonchev–Trinajstić information content (AvgIpc) is 2.86. The predicted molar refractivity (Wildman–Crippen MR) is 133 cm³/mol. The van der Waals surface area contributed by atoms with E-state index < -0.39 is 23.5 Å². The van der Waals surface area contributed by atoms with E-state index >= 15 is 0 Å². The van der Waals surface area contributed by atoms with E-state index in [9.17, 15) is 22.4 Å². The van der Waals surface area contributed by atoms with Gasteiger partial charge in [0, 0.05) is 50.2 Å². The summed E-state index contributed by atoms with van der Waals surface area (Å²) >= 11 is 0. The van der Waals surface area contributed by atoms with Crippen molar-refractivity contribution in [2.24, 2.45) is 0 Å². The summed E-state index contributed by atoms with van der Waals surface area (Å²) in [6, 6.07) is 10.5. The van der Waals surface area contributed by atoms with Crippen LogP contribution in [0, 0.1) is 17.7 Å². The minimum absolute atomic E-state index is 0.0143. The lowest BCUT2D eigenvalue weighted by atomic mass is 10.0. The van der Waals surface area contributed by atoms with Crippen molar-refractivity contribution in [2.75, 3.05) is 44.3 Å². The maximum Gasteiger partial charge on any atom is 0.416 e. The number of nitrogens with one attached hydrogen (secondary N) is 1. The summed E-state index contributed by atoms with van der Waals surface area (Å²) < 4.78 is 55.8. The smallest absolute Gasteiger partial charge is 0.383 e. The third-order valence-electron chi connectivity index (χ3n) is 6.06. The molecule has 1 aliphatic rings. The number of anilines is 2. The summed E-state index contributed by atoms with van der Waals surface area (Å²) in [6.07, 6.45) is -3.09. The fraction of sp³-hybridized carbons (Fsp3) is 0.259. The zero-order valence-corrected chi connectivity index (χ0v) is 20.1. The average molecular weight is 512 g/mol. The molecule has 1 saturated heterocycles. The Morgan fingerprint density at radius 2 is 1.78 bits per heavy atom. The van der Waals surface area contributed by atoms with Gasteiger partial charge in [-0.05, 0) is 55.1 Å². The molecule has 3 N–H and O–H groups in total. The minimum atomic E-state index is -4.59. The number of carbonyl (C=O) groups excluding carboxylic acids is 1. The van der Waals surface area contributed by atoms with Crippen molar-refractivity contribution in [3.05, 3.63) is 88.4 Å². The fourth-order valence-corrected chi connectivity index (χ4v) is 3.93. The molecule has 10 heteroatoms. The van der Waals surface area contributed by atoms with Crippen LogP contribution in [0.15, 0.2) is 54.7 Å². The molecule has 3 aromatic rings. The van der Waals surface area contributed by atoms with Crippen LogP contribution in [0.1, 0.15) is 32.6 Å². The van der Waals surface area contributed by atoms with E-state index in [1.807, 2.05) is 11.9 Å². The van der Waals surface area contributed by atoms with Gasteiger partial charge in [-0.25, -0.2) is 9.37 Å². The molecule has 0 unspecified atom stereocenters. The van der Waals surface area contributed by atoms with Crippen molar-refractivity contribution in [1.82, 2.24) is 14.8 Å². The lowest BCUT2D eigenvalue weighted by molar-refractivity contribution is -0.138. The van der Waals surface area contributed by atoms with Gasteiger partial charge in [0.2, 0.25) is 0 Å². The molecule has 2 heterocycles. The van der Waals surface area contributed by atoms with Crippen molar-refractivity contribution in [3.8, 4) is 11.8 Å². The van der Waals surface area contributed by atoms with Crippen LogP contribution in [0.2, 0.25) is 0 Å². The molecule has 6 nitrogen and oxygen atoms in total. The number of nitrogens with two attached hydrogens (primary N) is 1. The Balaban J connectivity index is 1.53. The number of likely N-dealkylation sites (N-methyl/N-ethyl adjacent to an activating group) is 1. The second kappa shape index (κ2) is 11.0. The molecule has 0 aliphatic carbocycles. The number of piperazine rings is 1. The van der Waals surface area contributed by atoms with Gasteiger partial charge in [-0.3, -0.25) is 9.69 Å². The first-order valence-corrected chi connectivity index (χ1v) is 11.5. The number of aromatic nitrogens is 1. The summed E-state index contributed by atoms with van der Waals surface area (Å²) in [6.45, 7) is 3.09. The maximum absolute atomic E-state index is 14.3. The third-order valence-corrected chi connectivity index (χ3v) is 6.06. The molecule has 0 bridgehead atoms. The predicted octanol–water partition coefficient (Wildman–Crippen LogP) is 4.22. The number of halogens is 4. The molecule has 4 rings (SSSR count). The molecule has 1 aliphatic heterocycles. The Labute approximate surface area is 212 Å². The summed E-state index contributed by atoms with van der Waals surface area (Å²) in [5, 5.41) is 2.48. The molecule has 0 spiro atoms. The zero-order valence-electron chi connectivity index (χ0n) is 20.1. The monoisotopic (exact) mass is 511 g/mol. The highest BCUT2D eigenvalue weighted by Crippen LogP contribution is 2.34. The lowest BCUT2D eigenvalue weighted by Gasteiger charge is -2.33. The Bertz CT molecular complexity index is 1350. The molecule has 0 saturated carbocycles. The number of alkyl halides is 3. The number of hydrogen-bond donors (Lipinski definition) is 2. The van der Waals surface area contributed by atoms with E-state index in [-0.39, 0.29) is 34.7 Å². The van der Waals surface area contributed by atoms with Gasteiger partial charge in [0.1, 0.15) is 11.6 Å². The van der Waals surface area contributed by atoms with Crippen molar-refractivity contribution < 1.29 is 22.4 Å². The van der Waals surface area contributed by atoms with E-state index in [2.05, 4.69) is 27.0 Å². The summed E-state index contributed by atoms with van der Waals surface area (Å²) in [5.41, 5.74) is 5.45. The number of pyridine rings is 1. The van der Waals surface area contributed by atoms with Gasteiger partial charge in [0.05, 0.1) is 16.7 Å². The van der Waals surface area contributed by atoms with Crippen molar-refractivity contribution in [2.45, 2.75) is 12.7 Å². The first-order chi connectivity index (χ1) is 17.6. The van der Waals surface area contributed by atoms with Crippen LogP contribution in [-0.4, -0.2) is 53.9 Å². The lowest BCUT2D eigenvalue weighted by Crippen LogP contribution is -2.44. The van der Waals surface area contributed by atoms with Crippen molar-refractivity contribution in [3.63, 3.8) is 0 Å². The van der Waals surface area contributed by atoms with Crippen molar-refractivity contribution >= 4 is 17.4 Å². The first-order valence-electron chi connectivity index (χ1n) is 11.5. The maximum atomic E-state index is 14.3. The van der Waals surface area contributed by atoms with Crippen LogP contribution in [-0.2, 0) is 12.7 Å². The van der Waals surface area contributed by atoms with Crippen LogP contribution >= 0.6 is 0 Å². The summed E-state index contributed by atoms with van der Waals surface area (Å²) in [5.74, 6) is 4.17. The van der Waals surface area contributed by atoms with Gasteiger partial charge in [0.25, 0.3) is 5.91 Å². The fourth-order valence-electron chi connectivity index (χ4n) is 3.93. The van der Waals surface area contributed by atoms with Gasteiger partial charge >= 0.3 is 6.18 Å². The van der Waals surface area contributed by atoms with Crippen LogP contribution in [0.25, 0.3) is 0 Å². The second-order valence-corrected chi connectivity index (χ2v) is 8.78. The Morgan fingerprint density at radius 3 is 2.49 bits per heavy atom. The summed E-state index contributed by atoms with van der Waals surface area (Å²) in [4.78, 5) is 20.8. The zero-order chi connectivity index (χ0) is 26.6. The minimum Gasteiger partial charge on any atom is -0.383 e. The number of nitrogens with zero attached hydrogens (tertiary/aromatic N) is 3. The first kappa shape index (κ1) is 26.1. The number of nitrogen functional groups attached to an aromatic ring is 1. The SMILES string of the molecule is CN1CCN(Cc2ccc(NC(=O)c3ccc(F)c(C#Cc4cccnc4N)c3)cc2C(F)(F)F)CC1. The van der Waals surface area contributed by atoms with E-state index in [4.69, 9.17) is 5.73 Å². The molecule has 0 radical (unpaired) electrons.